The molecule has 2 aromatic rings. The number of hydrogen-bond acceptors (Lipinski definition) is 8. The Kier molecular flexibility index (Phi) is 7.83. The number of benzene rings is 1. The van der Waals surface area contributed by atoms with E-state index in [2.05, 4.69) is 26.2 Å². The number of carbonyl (C=O) groups is 2. The van der Waals surface area contributed by atoms with Crippen molar-refractivity contribution in [2.45, 2.75) is 12.1 Å². The summed E-state index contributed by atoms with van der Waals surface area (Å²) in [4.78, 5) is 23.4. The molecule has 3 amide bonds. The highest BCUT2D eigenvalue weighted by molar-refractivity contribution is 7.99. The number of aromatic nitrogens is 4. The highest BCUT2D eigenvalue weighted by Crippen LogP contribution is 2.25. The van der Waals surface area contributed by atoms with Gasteiger partial charge in [-0.25, -0.2) is 4.79 Å². The predicted octanol–water partition coefficient (Wildman–Crippen LogP) is 0.625. The van der Waals surface area contributed by atoms with Crippen LogP contribution in [0.15, 0.2) is 29.4 Å². The standard InChI is InChI=1S/C15H20N6O4S/c1-3-25-12-7-5-4-6-11(12)21-15(18-19-20-21)26-10-13(22)17-14(23)16-8-9-24-2/h4-7H,3,8-10H2,1-2H3,(H2,16,17,22,23). The van der Waals surface area contributed by atoms with Crippen molar-refractivity contribution in [2.75, 3.05) is 32.6 Å². The van der Waals surface area contributed by atoms with Gasteiger partial charge in [-0.1, -0.05) is 23.9 Å². The van der Waals surface area contributed by atoms with E-state index in [1.54, 1.807) is 0 Å². The maximum atomic E-state index is 11.9. The first-order valence-corrected chi connectivity index (χ1v) is 8.84. The molecular weight excluding hydrogens is 360 g/mol. The molecule has 1 aromatic heterocycles. The van der Waals surface area contributed by atoms with E-state index in [1.807, 2.05) is 31.2 Å². The second-order valence-corrected chi connectivity index (χ2v) is 5.80. The van der Waals surface area contributed by atoms with Crippen LogP contribution in [0.25, 0.3) is 5.69 Å². The van der Waals surface area contributed by atoms with E-state index in [4.69, 9.17) is 9.47 Å². The van der Waals surface area contributed by atoms with Crippen molar-refractivity contribution in [3.63, 3.8) is 0 Å². The smallest absolute Gasteiger partial charge is 0.321 e. The van der Waals surface area contributed by atoms with Crippen molar-refractivity contribution in [3.8, 4) is 11.4 Å². The molecule has 2 rings (SSSR count). The SMILES string of the molecule is CCOc1ccccc1-n1nnnc1SCC(=O)NC(=O)NCCOC. The number of ether oxygens (including phenoxy) is 2. The van der Waals surface area contributed by atoms with Gasteiger partial charge in [-0.05, 0) is 29.5 Å². The van der Waals surface area contributed by atoms with Crippen LogP contribution in [0.2, 0.25) is 0 Å². The quantitative estimate of drug-likeness (QED) is 0.480. The Bertz CT molecular complexity index is 738. The minimum absolute atomic E-state index is 0.0190. The first-order chi connectivity index (χ1) is 12.7. The molecular formula is C15H20N6O4S. The zero-order chi connectivity index (χ0) is 18.8. The molecule has 0 radical (unpaired) electrons. The van der Waals surface area contributed by atoms with Crippen molar-refractivity contribution in [1.29, 1.82) is 0 Å². The normalized spacial score (nSPS) is 10.4. The molecule has 0 aliphatic rings. The second kappa shape index (κ2) is 10.4. The van der Waals surface area contributed by atoms with Crippen LogP contribution in [0, 0.1) is 0 Å². The molecule has 0 unspecified atom stereocenters. The molecule has 2 N–H and O–H groups in total. The number of rotatable bonds is 9. The Labute approximate surface area is 154 Å². The summed E-state index contributed by atoms with van der Waals surface area (Å²) in [6.45, 7) is 3.07. The Morgan fingerprint density at radius 3 is 2.88 bits per heavy atom. The Morgan fingerprint density at radius 2 is 2.12 bits per heavy atom. The fraction of sp³-hybridized carbons (Fsp3) is 0.400. The van der Waals surface area contributed by atoms with Gasteiger partial charge in [-0.3, -0.25) is 10.1 Å². The molecule has 11 heteroatoms. The zero-order valence-corrected chi connectivity index (χ0v) is 15.3. The van der Waals surface area contributed by atoms with E-state index in [1.165, 1.54) is 11.8 Å². The third-order valence-corrected chi connectivity index (χ3v) is 3.93. The number of thioether (sulfide) groups is 1. The molecule has 10 nitrogen and oxygen atoms in total. The predicted molar refractivity (Wildman–Crippen MR) is 94.5 cm³/mol. The van der Waals surface area contributed by atoms with E-state index in [9.17, 15) is 9.59 Å². The van der Waals surface area contributed by atoms with E-state index >= 15 is 0 Å². The summed E-state index contributed by atoms with van der Waals surface area (Å²) >= 11 is 1.11. The summed E-state index contributed by atoms with van der Waals surface area (Å²) in [7, 11) is 1.52. The average molecular weight is 380 g/mol. The van der Waals surface area contributed by atoms with Crippen molar-refractivity contribution in [3.05, 3.63) is 24.3 Å². The van der Waals surface area contributed by atoms with E-state index in [0.29, 0.717) is 36.4 Å². The van der Waals surface area contributed by atoms with Crippen LogP contribution in [0.4, 0.5) is 4.79 Å². The lowest BCUT2D eigenvalue weighted by Gasteiger charge is -2.10. The highest BCUT2D eigenvalue weighted by atomic mass is 32.2. The number of amides is 3. The van der Waals surface area contributed by atoms with Crippen LogP contribution >= 0.6 is 11.8 Å². The Balaban J connectivity index is 1.95. The van der Waals surface area contributed by atoms with Gasteiger partial charge >= 0.3 is 6.03 Å². The fourth-order valence-corrected chi connectivity index (χ4v) is 2.62. The minimum Gasteiger partial charge on any atom is -0.492 e. The zero-order valence-electron chi connectivity index (χ0n) is 14.5. The number of nitrogens with zero attached hydrogens (tertiary/aromatic N) is 4. The summed E-state index contributed by atoms with van der Waals surface area (Å²) in [6, 6.07) is 6.74. The van der Waals surface area contributed by atoms with Gasteiger partial charge in [0.1, 0.15) is 11.4 Å². The summed E-state index contributed by atoms with van der Waals surface area (Å²) in [6.07, 6.45) is 0. The number of urea groups is 1. The molecule has 140 valence electrons. The van der Waals surface area contributed by atoms with Gasteiger partial charge in [-0.2, -0.15) is 4.68 Å². The lowest BCUT2D eigenvalue weighted by Crippen LogP contribution is -2.41. The van der Waals surface area contributed by atoms with Crippen LogP contribution in [-0.4, -0.2) is 64.8 Å². The number of tetrazole rings is 1. The molecule has 0 saturated carbocycles. The van der Waals surface area contributed by atoms with Crippen molar-refractivity contribution < 1.29 is 19.1 Å². The van der Waals surface area contributed by atoms with Crippen molar-refractivity contribution in [1.82, 2.24) is 30.8 Å². The van der Waals surface area contributed by atoms with Crippen LogP contribution in [-0.2, 0) is 9.53 Å². The van der Waals surface area contributed by atoms with Crippen LogP contribution in [0.1, 0.15) is 6.92 Å². The maximum Gasteiger partial charge on any atom is 0.321 e. The van der Waals surface area contributed by atoms with E-state index < -0.39 is 11.9 Å². The third kappa shape index (κ3) is 5.70. The van der Waals surface area contributed by atoms with Crippen LogP contribution in [0.5, 0.6) is 5.75 Å². The molecule has 0 saturated heterocycles. The third-order valence-electron chi connectivity index (χ3n) is 3.01. The molecule has 1 heterocycles. The summed E-state index contributed by atoms with van der Waals surface area (Å²) in [5.74, 6) is 0.151. The topological polar surface area (TPSA) is 120 Å². The van der Waals surface area contributed by atoms with Crippen LogP contribution in [0.3, 0.4) is 0 Å². The first-order valence-electron chi connectivity index (χ1n) is 7.85. The Hall–Kier alpha value is -2.66. The monoisotopic (exact) mass is 380 g/mol. The van der Waals surface area contributed by atoms with Gasteiger partial charge < -0.3 is 14.8 Å². The second-order valence-electron chi connectivity index (χ2n) is 4.86. The summed E-state index contributed by atoms with van der Waals surface area (Å²) < 4.78 is 11.9. The summed E-state index contributed by atoms with van der Waals surface area (Å²) in [5, 5.41) is 16.6. The van der Waals surface area contributed by atoms with E-state index in [0.717, 1.165) is 11.8 Å². The molecule has 0 spiro atoms. The van der Waals surface area contributed by atoms with E-state index in [-0.39, 0.29) is 5.75 Å². The average Bonchev–Trinajstić information content (AvgIpc) is 3.09. The fourth-order valence-electron chi connectivity index (χ4n) is 1.93. The van der Waals surface area contributed by atoms with Crippen molar-refractivity contribution in [2.24, 2.45) is 0 Å². The van der Waals surface area contributed by atoms with Crippen molar-refractivity contribution >= 4 is 23.7 Å². The number of hydrogen-bond donors (Lipinski definition) is 2. The number of para-hydroxylation sites is 2. The molecule has 0 bridgehead atoms. The largest absolute Gasteiger partial charge is 0.492 e. The minimum atomic E-state index is -0.575. The van der Waals surface area contributed by atoms with Gasteiger partial charge in [0.15, 0.2) is 0 Å². The first kappa shape index (κ1) is 19.7. The molecule has 1 aromatic carbocycles. The molecule has 0 aliphatic carbocycles. The number of nitrogens with one attached hydrogen (secondary N) is 2. The van der Waals surface area contributed by atoms with Gasteiger partial charge in [0, 0.05) is 13.7 Å². The number of imide groups is 1. The maximum absolute atomic E-state index is 11.9. The number of carbonyl (C=O) groups excluding carboxylic acids is 2. The Morgan fingerprint density at radius 1 is 1.31 bits per heavy atom. The summed E-state index contributed by atoms with van der Waals surface area (Å²) in [5.41, 5.74) is 0.666. The molecule has 0 aliphatic heterocycles. The van der Waals surface area contributed by atoms with Gasteiger partial charge in [0.25, 0.3) is 0 Å². The van der Waals surface area contributed by atoms with Crippen LogP contribution < -0.4 is 15.4 Å². The van der Waals surface area contributed by atoms with Gasteiger partial charge in [-0.15, -0.1) is 5.10 Å². The number of methoxy groups -OCH3 is 1. The van der Waals surface area contributed by atoms with Gasteiger partial charge in [0.2, 0.25) is 11.1 Å². The lowest BCUT2D eigenvalue weighted by molar-refractivity contribution is -0.117. The molecule has 0 atom stereocenters. The van der Waals surface area contributed by atoms with Gasteiger partial charge in [0.05, 0.1) is 19.0 Å². The molecule has 0 fully saturated rings. The highest BCUT2D eigenvalue weighted by Gasteiger charge is 2.15. The lowest BCUT2D eigenvalue weighted by atomic mass is 10.3. The molecule has 26 heavy (non-hydrogen) atoms.